The molecule has 0 nitrogen and oxygen atoms in total. The van der Waals surface area contributed by atoms with Gasteiger partial charge in [-0.3, -0.25) is 0 Å². The zero-order valence-electron chi connectivity index (χ0n) is 8.21. The quantitative estimate of drug-likeness (QED) is 0.438. The summed E-state index contributed by atoms with van der Waals surface area (Å²) in [7, 11) is -21.0. The van der Waals surface area contributed by atoms with Crippen LogP contribution < -0.4 is 0 Å². The van der Waals surface area contributed by atoms with Gasteiger partial charge in [-0.05, 0) is 18.2 Å². The van der Waals surface area contributed by atoms with Crippen molar-refractivity contribution in [2.75, 3.05) is 0 Å². The molecule has 0 saturated heterocycles. The lowest BCUT2D eigenvalue weighted by atomic mass is 10.4. The van der Waals surface area contributed by atoms with Crippen LogP contribution >= 0.6 is 36.4 Å². The summed E-state index contributed by atoms with van der Waals surface area (Å²) >= 11 is 2.07. The fourth-order valence-corrected chi connectivity index (χ4v) is 3.25. The minimum atomic E-state index is -10.5. The van der Waals surface area contributed by atoms with E-state index < -0.39 is 52.9 Å². The lowest BCUT2D eigenvalue weighted by Gasteiger charge is -2.44. The van der Waals surface area contributed by atoms with Gasteiger partial charge >= 0.3 is 20.4 Å². The summed E-state index contributed by atoms with van der Waals surface area (Å²) in [6.07, 6.45) is 0. The highest BCUT2D eigenvalue weighted by Gasteiger charge is 2.69. The SMILES string of the molecule is FS(F)(F)(F)(F)c1cc(Br)cc(S(F)(F)(F)(F)F)c1. The molecule has 0 aliphatic carbocycles. The topological polar surface area (TPSA) is 0 Å². The zero-order chi connectivity index (χ0) is 15.7. The highest BCUT2D eigenvalue weighted by molar-refractivity contribution is 9.10. The average Bonchev–Trinajstić information content (AvgIpc) is 1.93. The molecular weight excluding hydrogens is 406 g/mol. The molecule has 0 radical (unpaired) electrons. The highest BCUT2D eigenvalue weighted by atomic mass is 79.9. The van der Waals surface area contributed by atoms with Gasteiger partial charge in [0, 0.05) is 4.47 Å². The summed E-state index contributed by atoms with van der Waals surface area (Å²) in [5, 5.41) is 0. The Kier molecular flexibility index (Phi) is 2.50. The van der Waals surface area contributed by atoms with Gasteiger partial charge in [-0.15, -0.1) is 0 Å². The van der Waals surface area contributed by atoms with Crippen molar-refractivity contribution in [2.45, 2.75) is 9.79 Å². The van der Waals surface area contributed by atoms with Gasteiger partial charge in [-0.2, -0.15) is 0 Å². The largest absolute Gasteiger partial charge is 0.310 e. The molecule has 13 heteroatoms. The molecule has 0 unspecified atom stereocenters. The third kappa shape index (κ3) is 4.34. The van der Waals surface area contributed by atoms with Crippen LogP contribution in [0.3, 0.4) is 0 Å². The second kappa shape index (κ2) is 2.84. The summed E-state index contributed by atoms with van der Waals surface area (Å²) in [6, 6.07) is -2.07. The first kappa shape index (κ1) is 16.8. The molecule has 0 aliphatic rings. The van der Waals surface area contributed by atoms with E-state index in [2.05, 4.69) is 15.9 Å². The van der Waals surface area contributed by atoms with Gasteiger partial charge in [0.25, 0.3) is 0 Å². The van der Waals surface area contributed by atoms with E-state index in [0.29, 0.717) is 0 Å². The first-order chi connectivity index (χ1) is 7.58. The molecule has 1 aromatic rings. The number of hydrogen-bond donors (Lipinski definition) is 0. The van der Waals surface area contributed by atoms with Crippen LogP contribution in [0.1, 0.15) is 0 Å². The summed E-state index contributed by atoms with van der Waals surface area (Å²) in [6.45, 7) is 0. The number of rotatable bonds is 2. The molecule has 116 valence electrons. The predicted molar refractivity (Wildman–Crippen MR) is 56.9 cm³/mol. The Morgan fingerprint density at radius 2 is 0.842 bits per heavy atom. The molecule has 0 bridgehead atoms. The van der Waals surface area contributed by atoms with Crippen LogP contribution in [-0.4, -0.2) is 0 Å². The molecule has 0 spiro atoms. The molecule has 0 aromatic heterocycles. The third-order valence-corrected chi connectivity index (χ3v) is 4.45. The van der Waals surface area contributed by atoms with E-state index in [1.165, 1.54) is 0 Å². The monoisotopic (exact) mass is 408 g/mol. The van der Waals surface area contributed by atoms with Crippen molar-refractivity contribution >= 4 is 36.4 Å². The van der Waals surface area contributed by atoms with Gasteiger partial charge in [0.15, 0.2) is 0 Å². The summed E-state index contributed by atoms with van der Waals surface area (Å²) in [4.78, 5) is -6.09. The van der Waals surface area contributed by atoms with E-state index in [9.17, 15) is 38.9 Å². The minimum absolute atomic E-state index is 0.394. The molecule has 0 fully saturated rings. The van der Waals surface area contributed by atoms with Gasteiger partial charge in [0.05, 0.1) is 0 Å². The van der Waals surface area contributed by atoms with Crippen LogP contribution in [0, 0.1) is 0 Å². The zero-order valence-corrected chi connectivity index (χ0v) is 11.4. The van der Waals surface area contributed by atoms with E-state index in [1.807, 2.05) is 0 Å². The average molecular weight is 409 g/mol. The van der Waals surface area contributed by atoms with E-state index in [-0.39, 0.29) is 0 Å². The Morgan fingerprint density at radius 3 is 1.05 bits per heavy atom. The molecule has 1 aromatic carbocycles. The van der Waals surface area contributed by atoms with Crippen LogP contribution in [0.2, 0.25) is 0 Å². The number of halogens is 11. The van der Waals surface area contributed by atoms with Crippen molar-refractivity contribution in [1.29, 1.82) is 0 Å². The van der Waals surface area contributed by atoms with Gasteiger partial charge in [0.2, 0.25) is 0 Å². The molecule has 0 amide bonds. The van der Waals surface area contributed by atoms with E-state index in [0.717, 1.165) is 0 Å². The van der Waals surface area contributed by atoms with Crippen LogP contribution in [-0.2, 0) is 0 Å². The Hall–Kier alpha value is -0.300. The van der Waals surface area contributed by atoms with Crippen molar-refractivity contribution in [1.82, 2.24) is 0 Å². The second-order valence-corrected chi connectivity index (χ2v) is 9.29. The predicted octanol–water partition coefficient (Wildman–Crippen LogP) is 7.76. The summed E-state index contributed by atoms with van der Waals surface area (Å²) in [5.41, 5.74) is 0. The number of hydrogen-bond acceptors (Lipinski definition) is 0. The lowest BCUT2D eigenvalue weighted by molar-refractivity contribution is 0.360. The van der Waals surface area contributed by atoms with Crippen LogP contribution in [0.4, 0.5) is 38.9 Å². The normalized spacial score (nSPS) is 21.0. The Bertz CT molecular complexity index is 505. The van der Waals surface area contributed by atoms with Gasteiger partial charge in [-0.1, -0.05) is 54.8 Å². The van der Waals surface area contributed by atoms with Crippen LogP contribution in [0.25, 0.3) is 0 Å². The van der Waals surface area contributed by atoms with E-state index in [1.54, 1.807) is 0 Å². The van der Waals surface area contributed by atoms with Gasteiger partial charge in [-0.25, -0.2) is 0 Å². The number of benzene rings is 1. The first-order valence-electron chi connectivity index (χ1n) is 3.87. The molecule has 0 N–H and O–H groups in total. The Morgan fingerprint density at radius 1 is 0.579 bits per heavy atom. The van der Waals surface area contributed by atoms with Crippen molar-refractivity contribution in [2.24, 2.45) is 0 Å². The molecular formula is C6H3BrF10S2. The van der Waals surface area contributed by atoms with E-state index in [4.69, 9.17) is 0 Å². The second-order valence-electron chi connectivity index (χ2n) is 3.56. The van der Waals surface area contributed by atoms with Crippen molar-refractivity contribution in [3.05, 3.63) is 22.7 Å². The lowest BCUT2D eigenvalue weighted by Crippen LogP contribution is -2.10. The third-order valence-electron chi connectivity index (χ3n) is 1.74. The molecule has 1 rings (SSSR count). The maximum absolute atomic E-state index is 12.3. The maximum atomic E-state index is 12.3. The van der Waals surface area contributed by atoms with Crippen molar-refractivity contribution in [3.63, 3.8) is 0 Å². The van der Waals surface area contributed by atoms with Gasteiger partial charge < -0.3 is 0 Å². The fraction of sp³-hybridized carbons (Fsp3) is 0. The molecule has 0 atom stereocenters. The maximum Gasteiger partial charge on any atom is 0.310 e. The van der Waals surface area contributed by atoms with Crippen LogP contribution in [0.5, 0.6) is 0 Å². The summed E-state index contributed by atoms with van der Waals surface area (Å²) in [5.74, 6) is 0. The molecule has 19 heavy (non-hydrogen) atoms. The molecule has 0 saturated carbocycles. The molecule has 0 heterocycles. The van der Waals surface area contributed by atoms with Gasteiger partial charge in [0.1, 0.15) is 9.79 Å². The van der Waals surface area contributed by atoms with Crippen molar-refractivity contribution < 1.29 is 38.9 Å². The summed E-state index contributed by atoms with van der Waals surface area (Å²) < 4.78 is 122. The minimum Gasteiger partial charge on any atom is -0.0936 e. The van der Waals surface area contributed by atoms with Crippen molar-refractivity contribution in [3.8, 4) is 0 Å². The van der Waals surface area contributed by atoms with Crippen LogP contribution in [0.15, 0.2) is 32.5 Å². The Balaban J connectivity index is 3.79. The smallest absolute Gasteiger partial charge is 0.0936 e. The first-order valence-corrected chi connectivity index (χ1v) is 8.57. The highest BCUT2D eigenvalue weighted by Crippen LogP contribution is 3.05. The van der Waals surface area contributed by atoms with E-state index >= 15 is 0 Å². The fourth-order valence-electron chi connectivity index (χ4n) is 0.982. The Labute approximate surface area is 108 Å². The molecule has 0 aliphatic heterocycles. The standard InChI is InChI=1S/C6H3BrF10S2/c7-4-1-5(18(8,9,10,11)12)3-6(2-4)19(13,14,15,16)17/h1-3H.